The highest BCUT2D eigenvalue weighted by Crippen LogP contribution is 2.31. The van der Waals surface area contributed by atoms with E-state index in [1.807, 2.05) is 6.07 Å². The second-order valence-electron chi connectivity index (χ2n) is 7.58. The summed E-state index contributed by atoms with van der Waals surface area (Å²) in [4.78, 5) is 38.4. The molecule has 6 nitrogen and oxygen atoms in total. The molecule has 0 aliphatic rings. The standard InChI is InChI=1S/C26H20Cl2N2O4/c1-30-24(26(33)34-15-22(31)29-14-17-6-2-5-9-21(17)28)23(16-10-12-18(27)13-11-16)19-7-3-4-8-20(19)25(30)32/h2-13H,14-15H2,1H3,(H,29,31). The number of halogens is 2. The summed E-state index contributed by atoms with van der Waals surface area (Å²) in [6, 6.07) is 21.1. The molecule has 0 fully saturated rings. The average Bonchev–Trinajstić information content (AvgIpc) is 2.84. The topological polar surface area (TPSA) is 77.4 Å². The van der Waals surface area contributed by atoms with Gasteiger partial charge < -0.3 is 14.6 Å². The maximum atomic E-state index is 13.1. The van der Waals surface area contributed by atoms with Crippen molar-refractivity contribution in [1.29, 1.82) is 0 Å². The normalized spacial score (nSPS) is 10.8. The number of ether oxygens (including phenoxy) is 1. The molecule has 1 N–H and O–H groups in total. The second-order valence-corrected chi connectivity index (χ2v) is 8.43. The highest BCUT2D eigenvalue weighted by molar-refractivity contribution is 6.31. The van der Waals surface area contributed by atoms with Crippen LogP contribution in [0.25, 0.3) is 21.9 Å². The second kappa shape index (κ2) is 10.1. The molecule has 1 amide bonds. The Morgan fingerprint density at radius 3 is 2.26 bits per heavy atom. The fourth-order valence-electron chi connectivity index (χ4n) is 3.70. The number of rotatable bonds is 6. The first-order valence-corrected chi connectivity index (χ1v) is 11.2. The monoisotopic (exact) mass is 494 g/mol. The number of hydrogen-bond donors (Lipinski definition) is 1. The molecule has 0 spiro atoms. The summed E-state index contributed by atoms with van der Waals surface area (Å²) in [7, 11) is 1.50. The van der Waals surface area contributed by atoms with E-state index in [9.17, 15) is 14.4 Å². The third kappa shape index (κ3) is 4.83. The molecule has 0 saturated carbocycles. The van der Waals surface area contributed by atoms with Crippen LogP contribution >= 0.6 is 23.2 Å². The number of nitrogens with zero attached hydrogens (tertiary/aromatic N) is 1. The van der Waals surface area contributed by atoms with E-state index in [2.05, 4.69) is 5.32 Å². The van der Waals surface area contributed by atoms with Crippen molar-refractivity contribution in [2.75, 3.05) is 6.61 Å². The van der Waals surface area contributed by atoms with Gasteiger partial charge in [0.15, 0.2) is 6.61 Å². The molecule has 0 unspecified atom stereocenters. The summed E-state index contributed by atoms with van der Waals surface area (Å²) in [6.45, 7) is -0.315. The first-order valence-electron chi connectivity index (χ1n) is 10.4. The smallest absolute Gasteiger partial charge is 0.356 e. The molecular formula is C26H20Cl2N2O4. The number of nitrogens with one attached hydrogen (secondary N) is 1. The molecule has 1 heterocycles. The molecule has 172 valence electrons. The molecule has 0 saturated heterocycles. The highest BCUT2D eigenvalue weighted by Gasteiger charge is 2.23. The molecule has 3 aromatic carbocycles. The molecule has 34 heavy (non-hydrogen) atoms. The van der Waals surface area contributed by atoms with E-state index in [1.165, 1.54) is 11.6 Å². The van der Waals surface area contributed by atoms with Crippen LogP contribution in [0.15, 0.2) is 77.6 Å². The van der Waals surface area contributed by atoms with Crippen molar-refractivity contribution in [1.82, 2.24) is 9.88 Å². The molecular weight excluding hydrogens is 475 g/mol. The Morgan fingerprint density at radius 1 is 0.912 bits per heavy atom. The van der Waals surface area contributed by atoms with E-state index in [-0.39, 0.29) is 17.8 Å². The van der Waals surface area contributed by atoms with E-state index < -0.39 is 18.5 Å². The van der Waals surface area contributed by atoms with E-state index in [1.54, 1.807) is 66.7 Å². The third-order valence-corrected chi connectivity index (χ3v) is 6.02. The minimum absolute atomic E-state index is 0.0462. The number of amides is 1. The maximum absolute atomic E-state index is 13.1. The zero-order valence-corrected chi connectivity index (χ0v) is 19.7. The quantitative estimate of drug-likeness (QED) is 0.383. The Hall–Kier alpha value is -3.61. The lowest BCUT2D eigenvalue weighted by molar-refractivity contribution is -0.124. The van der Waals surface area contributed by atoms with Crippen LogP contribution in [0.3, 0.4) is 0 Å². The van der Waals surface area contributed by atoms with Gasteiger partial charge in [0.25, 0.3) is 11.5 Å². The predicted molar refractivity (Wildman–Crippen MR) is 133 cm³/mol. The summed E-state index contributed by atoms with van der Waals surface area (Å²) < 4.78 is 6.56. The summed E-state index contributed by atoms with van der Waals surface area (Å²) in [5, 5.41) is 4.80. The van der Waals surface area contributed by atoms with Crippen LogP contribution in [0.2, 0.25) is 10.0 Å². The van der Waals surface area contributed by atoms with Gasteiger partial charge in [-0.2, -0.15) is 0 Å². The molecule has 0 aliphatic heterocycles. The lowest BCUT2D eigenvalue weighted by atomic mass is 9.97. The first kappa shape index (κ1) is 23.5. The van der Waals surface area contributed by atoms with Crippen LogP contribution in [0.1, 0.15) is 16.1 Å². The van der Waals surface area contributed by atoms with E-state index in [4.69, 9.17) is 27.9 Å². The zero-order valence-electron chi connectivity index (χ0n) is 18.2. The van der Waals surface area contributed by atoms with Crippen molar-refractivity contribution in [3.63, 3.8) is 0 Å². The maximum Gasteiger partial charge on any atom is 0.356 e. The van der Waals surface area contributed by atoms with Gasteiger partial charge >= 0.3 is 5.97 Å². The van der Waals surface area contributed by atoms with Crippen molar-refractivity contribution in [2.24, 2.45) is 7.05 Å². The van der Waals surface area contributed by atoms with E-state index >= 15 is 0 Å². The predicted octanol–water partition coefficient (Wildman–Crippen LogP) is 4.99. The number of carbonyl (C=O) groups is 2. The van der Waals surface area contributed by atoms with Gasteiger partial charge in [-0.1, -0.05) is 71.7 Å². The number of benzene rings is 3. The average molecular weight is 495 g/mol. The lowest BCUT2D eigenvalue weighted by Crippen LogP contribution is -2.31. The van der Waals surface area contributed by atoms with Gasteiger partial charge in [0.05, 0.1) is 0 Å². The largest absolute Gasteiger partial charge is 0.451 e. The minimum atomic E-state index is -0.789. The van der Waals surface area contributed by atoms with Crippen LogP contribution in [0.4, 0.5) is 0 Å². The zero-order chi connectivity index (χ0) is 24.2. The van der Waals surface area contributed by atoms with Crippen LogP contribution in [0.5, 0.6) is 0 Å². The lowest BCUT2D eigenvalue weighted by Gasteiger charge is -2.17. The molecule has 8 heteroatoms. The van der Waals surface area contributed by atoms with Gasteiger partial charge in [0.1, 0.15) is 5.69 Å². The number of fused-ring (bicyclic) bond motifs is 1. The summed E-state index contributed by atoms with van der Waals surface area (Å²) in [5.41, 5.74) is 1.65. The van der Waals surface area contributed by atoms with Crippen LogP contribution in [-0.2, 0) is 23.1 Å². The molecule has 0 atom stereocenters. The number of esters is 1. The van der Waals surface area contributed by atoms with Gasteiger partial charge in [-0.3, -0.25) is 9.59 Å². The van der Waals surface area contributed by atoms with Crippen molar-refractivity contribution in [3.8, 4) is 11.1 Å². The van der Waals surface area contributed by atoms with Crippen molar-refractivity contribution < 1.29 is 14.3 Å². The molecule has 4 rings (SSSR count). The summed E-state index contributed by atoms with van der Waals surface area (Å²) >= 11 is 12.1. The van der Waals surface area contributed by atoms with Crippen molar-refractivity contribution in [2.45, 2.75) is 6.54 Å². The number of hydrogen-bond acceptors (Lipinski definition) is 4. The number of carbonyl (C=O) groups excluding carboxylic acids is 2. The van der Waals surface area contributed by atoms with Crippen molar-refractivity contribution >= 4 is 45.9 Å². The summed E-state index contributed by atoms with van der Waals surface area (Å²) in [6.07, 6.45) is 0. The van der Waals surface area contributed by atoms with E-state index in [0.29, 0.717) is 31.9 Å². The molecule has 0 radical (unpaired) electrons. The van der Waals surface area contributed by atoms with Crippen molar-refractivity contribution in [3.05, 3.63) is 104 Å². The molecule has 0 bridgehead atoms. The fraction of sp³-hybridized carbons (Fsp3) is 0.115. The molecule has 1 aromatic heterocycles. The third-order valence-electron chi connectivity index (χ3n) is 5.40. The Balaban J connectivity index is 1.63. The van der Waals surface area contributed by atoms with E-state index in [0.717, 1.165) is 5.56 Å². The highest BCUT2D eigenvalue weighted by atomic mass is 35.5. The molecule has 0 aliphatic carbocycles. The fourth-order valence-corrected chi connectivity index (χ4v) is 4.03. The Kier molecular flexibility index (Phi) is 7.01. The van der Waals surface area contributed by atoms with Crippen LogP contribution < -0.4 is 10.9 Å². The minimum Gasteiger partial charge on any atom is -0.451 e. The van der Waals surface area contributed by atoms with Gasteiger partial charge in [0.2, 0.25) is 0 Å². The van der Waals surface area contributed by atoms with Crippen LogP contribution in [-0.4, -0.2) is 23.1 Å². The Bertz CT molecular complexity index is 1450. The Labute approximate surface area is 205 Å². The van der Waals surface area contributed by atoms with Gasteiger partial charge in [-0.25, -0.2) is 4.79 Å². The van der Waals surface area contributed by atoms with Crippen LogP contribution in [0, 0.1) is 0 Å². The number of aromatic nitrogens is 1. The Morgan fingerprint density at radius 2 is 1.56 bits per heavy atom. The van der Waals surface area contributed by atoms with Gasteiger partial charge in [-0.05, 0) is 40.8 Å². The van der Waals surface area contributed by atoms with Gasteiger partial charge in [-0.15, -0.1) is 0 Å². The molecule has 4 aromatic rings. The first-order chi connectivity index (χ1) is 16.4. The number of pyridine rings is 1. The SMILES string of the molecule is Cn1c(C(=O)OCC(=O)NCc2ccccc2Cl)c(-c2ccc(Cl)cc2)c2ccccc2c1=O. The summed E-state index contributed by atoms with van der Waals surface area (Å²) in [5.74, 6) is -1.28. The van der Waals surface area contributed by atoms with Gasteiger partial charge in [0, 0.05) is 34.6 Å².